The zero-order valence-corrected chi connectivity index (χ0v) is 23.8. The molecule has 0 atom stereocenters. The van der Waals surface area contributed by atoms with E-state index in [1.807, 2.05) is 12.1 Å². The molecule has 0 saturated heterocycles. The van der Waals surface area contributed by atoms with Gasteiger partial charge in [0.1, 0.15) is 5.75 Å². The minimum atomic E-state index is 0.465. The second-order valence-corrected chi connectivity index (χ2v) is 11.2. The average molecular weight is 487 g/mol. The van der Waals surface area contributed by atoms with Gasteiger partial charge in [0.05, 0.1) is 0 Å². The molecule has 0 saturated carbocycles. The molecule has 1 nitrogen and oxygen atoms in total. The highest BCUT2D eigenvalue weighted by Gasteiger charge is 2.00. The maximum absolute atomic E-state index is 9.80. The zero-order chi connectivity index (χ0) is 25.1. The van der Waals surface area contributed by atoms with Gasteiger partial charge in [-0.15, -0.1) is 0 Å². The van der Waals surface area contributed by atoms with Gasteiger partial charge in [0, 0.05) is 0 Å². The summed E-state index contributed by atoms with van der Waals surface area (Å²) < 4.78 is 0. The molecule has 0 aromatic heterocycles. The topological polar surface area (TPSA) is 20.2 Å². The summed E-state index contributed by atoms with van der Waals surface area (Å²) in [7, 11) is 0. The Kier molecular flexibility index (Phi) is 23.9. The quantitative estimate of drug-likeness (QED) is 0.123. The van der Waals surface area contributed by atoms with Crippen molar-refractivity contribution in [1.82, 2.24) is 0 Å². The lowest BCUT2D eigenvalue weighted by atomic mass is 10.0. The lowest BCUT2D eigenvalue weighted by molar-refractivity contribution is 0.465. The van der Waals surface area contributed by atoms with Crippen LogP contribution in [0.4, 0.5) is 0 Å². The van der Waals surface area contributed by atoms with Gasteiger partial charge >= 0.3 is 0 Å². The third kappa shape index (κ3) is 22.0. The Labute approximate surface area is 220 Å². The molecule has 0 aliphatic carbocycles. The lowest BCUT2D eigenvalue weighted by Gasteiger charge is -2.05. The summed E-state index contributed by atoms with van der Waals surface area (Å²) in [5.74, 6) is 0.465. The summed E-state index contributed by atoms with van der Waals surface area (Å²) in [6.45, 7) is 2.30. The first kappa shape index (κ1) is 32.0. The molecule has 0 bridgehead atoms. The van der Waals surface area contributed by atoms with E-state index in [4.69, 9.17) is 0 Å². The number of aryl methyl sites for hydroxylation is 1. The summed E-state index contributed by atoms with van der Waals surface area (Å²) >= 11 is 0. The van der Waals surface area contributed by atoms with E-state index >= 15 is 0 Å². The third-order valence-corrected chi connectivity index (χ3v) is 7.79. The van der Waals surface area contributed by atoms with Gasteiger partial charge in [-0.05, 0) is 24.5 Å². The van der Waals surface area contributed by atoms with Crippen LogP contribution in [0, 0.1) is 0 Å². The van der Waals surface area contributed by atoms with Crippen molar-refractivity contribution in [3.8, 4) is 5.75 Å². The van der Waals surface area contributed by atoms with Crippen molar-refractivity contribution in [1.29, 1.82) is 0 Å². The van der Waals surface area contributed by atoms with Gasteiger partial charge in [0.25, 0.3) is 0 Å². The van der Waals surface area contributed by atoms with E-state index < -0.39 is 0 Å². The van der Waals surface area contributed by atoms with Crippen LogP contribution in [-0.2, 0) is 6.42 Å². The highest BCUT2D eigenvalue weighted by atomic mass is 16.3. The Morgan fingerprint density at radius 2 is 0.686 bits per heavy atom. The number of hydrogen-bond acceptors (Lipinski definition) is 1. The zero-order valence-electron chi connectivity index (χ0n) is 23.8. The molecule has 1 aromatic carbocycles. The predicted molar refractivity (Wildman–Crippen MR) is 158 cm³/mol. The van der Waals surface area contributed by atoms with Crippen LogP contribution >= 0.6 is 0 Å². The second kappa shape index (κ2) is 26.1. The SMILES string of the molecule is CCCCCCCCCCCCCCCCCCCCCCCCCCCCc1ccccc1O. The largest absolute Gasteiger partial charge is 0.508 e. The first-order valence-electron chi connectivity index (χ1n) is 16.1. The standard InChI is InChI=1S/C34H62O/c1-2-3-4-5-6-7-8-9-10-11-12-13-14-15-16-17-18-19-20-21-22-23-24-25-26-27-30-33-31-28-29-32-34(33)35/h28-29,31-32,35H,2-27,30H2,1H3. The Balaban J connectivity index is 1.66. The van der Waals surface area contributed by atoms with Crippen LogP contribution in [0.2, 0.25) is 0 Å². The Bertz CT molecular complexity index is 537. The Hall–Kier alpha value is -0.980. The normalized spacial score (nSPS) is 11.3. The van der Waals surface area contributed by atoms with Crippen LogP contribution in [-0.4, -0.2) is 5.11 Å². The molecule has 0 fully saturated rings. The molecule has 1 aromatic rings. The van der Waals surface area contributed by atoms with Gasteiger partial charge in [-0.25, -0.2) is 0 Å². The number of benzene rings is 1. The Morgan fingerprint density at radius 3 is 1.00 bits per heavy atom. The van der Waals surface area contributed by atoms with Crippen LogP contribution in [0.3, 0.4) is 0 Å². The van der Waals surface area contributed by atoms with Gasteiger partial charge < -0.3 is 5.11 Å². The molecule has 0 amide bonds. The van der Waals surface area contributed by atoms with Crippen LogP contribution in [0.5, 0.6) is 5.75 Å². The summed E-state index contributed by atoms with van der Waals surface area (Å²) in [6.07, 6.45) is 38.4. The molecule has 0 heterocycles. The molecular weight excluding hydrogens is 424 g/mol. The van der Waals surface area contributed by atoms with E-state index in [0.717, 1.165) is 12.0 Å². The minimum absolute atomic E-state index is 0.465. The lowest BCUT2D eigenvalue weighted by Crippen LogP contribution is -1.87. The van der Waals surface area contributed by atoms with Crippen LogP contribution < -0.4 is 0 Å². The van der Waals surface area contributed by atoms with Crippen molar-refractivity contribution in [2.45, 2.75) is 180 Å². The average Bonchev–Trinajstić information content (AvgIpc) is 2.87. The molecule has 0 aliphatic rings. The first-order valence-corrected chi connectivity index (χ1v) is 16.1. The molecule has 0 unspecified atom stereocenters. The molecule has 0 radical (unpaired) electrons. The molecular formula is C34H62O. The van der Waals surface area contributed by atoms with Gasteiger partial charge in [-0.3, -0.25) is 0 Å². The van der Waals surface area contributed by atoms with Crippen LogP contribution in [0.15, 0.2) is 24.3 Å². The first-order chi connectivity index (χ1) is 17.3. The van der Waals surface area contributed by atoms with Crippen LogP contribution in [0.1, 0.15) is 179 Å². The molecule has 1 heteroatoms. The van der Waals surface area contributed by atoms with Crippen molar-refractivity contribution in [3.63, 3.8) is 0 Å². The summed E-state index contributed by atoms with van der Waals surface area (Å²) in [5, 5.41) is 9.80. The van der Waals surface area contributed by atoms with Crippen molar-refractivity contribution >= 4 is 0 Å². The van der Waals surface area contributed by atoms with E-state index in [0.29, 0.717) is 5.75 Å². The number of unbranched alkanes of at least 4 members (excludes halogenated alkanes) is 25. The fourth-order valence-corrected chi connectivity index (χ4v) is 5.35. The summed E-state index contributed by atoms with van der Waals surface area (Å²) in [5.41, 5.74) is 1.11. The number of para-hydroxylation sites is 1. The highest BCUT2D eigenvalue weighted by Crippen LogP contribution is 2.19. The van der Waals surface area contributed by atoms with Crippen LogP contribution in [0.25, 0.3) is 0 Å². The van der Waals surface area contributed by atoms with E-state index in [1.54, 1.807) is 6.07 Å². The molecule has 1 N–H and O–H groups in total. The molecule has 35 heavy (non-hydrogen) atoms. The van der Waals surface area contributed by atoms with E-state index in [2.05, 4.69) is 13.0 Å². The molecule has 0 aliphatic heterocycles. The van der Waals surface area contributed by atoms with Crippen molar-refractivity contribution in [3.05, 3.63) is 29.8 Å². The fraction of sp³-hybridized carbons (Fsp3) is 0.824. The number of phenols is 1. The van der Waals surface area contributed by atoms with E-state index in [1.165, 1.54) is 167 Å². The summed E-state index contributed by atoms with van der Waals surface area (Å²) in [4.78, 5) is 0. The minimum Gasteiger partial charge on any atom is -0.508 e. The number of rotatable bonds is 27. The predicted octanol–water partition coefficient (Wildman–Crippen LogP) is 12.1. The summed E-state index contributed by atoms with van der Waals surface area (Å²) in [6, 6.07) is 7.78. The number of phenolic OH excluding ortho intramolecular Hbond substituents is 1. The molecule has 0 spiro atoms. The van der Waals surface area contributed by atoms with Gasteiger partial charge in [-0.1, -0.05) is 186 Å². The van der Waals surface area contributed by atoms with Crippen molar-refractivity contribution < 1.29 is 5.11 Å². The highest BCUT2D eigenvalue weighted by molar-refractivity contribution is 5.31. The number of aromatic hydroxyl groups is 1. The molecule has 204 valence electrons. The van der Waals surface area contributed by atoms with Gasteiger partial charge in [0.2, 0.25) is 0 Å². The number of hydrogen-bond donors (Lipinski definition) is 1. The monoisotopic (exact) mass is 486 g/mol. The fourth-order valence-electron chi connectivity index (χ4n) is 5.35. The Morgan fingerprint density at radius 1 is 0.400 bits per heavy atom. The van der Waals surface area contributed by atoms with Gasteiger partial charge in [0.15, 0.2) is 0 Å². The smallest absolute Gasteiger partial charge is 0.118 e. The van der Waals surface area contributed by atoms with Gasteiger partial charge in [-0.2, -0.15) is 0 Å². The van der Waals surface area contributed by atoms with Crippen molar-refractivity contribution in [2.24, 2.45) is 0 Å². The second-order valence-electron chi connectivity index (χ2n) is 11.2. The third-order valence-electron chi connectivity index (χ3n) is 7.79. The van der Waals surface area contributed by atoms with E-state index in [9.17, 15) is 5.11 Å². The van der Waals surface area contributed by atoms with E-state index in [-0.39, 0.29) is 0 Å². The van der Waals surface area contributed by atoms with Crippen molar-refractivity contribution in [2.75, 3.05) is 0 Å². The maximum atomic E-state index is 9.80. The molecule has 1 rings (SSSR count). The maximum Gasteiger partial charge on any atom is 0.118 e.